The van der Waals surface area contributed by atoms with Crippen molar-refractivity contribution >= 4 is 23.9 Å². The van der Waals surface area contributed by atoms with E-state index in [-0.39, 0.29) is 24.8 Å². The van der Waals surface area contributed by atoms with Crippen LogP contribution in [0.25, 0.3) is 0 Å². The number of aliphatic hydroxyl groups is 3. The number of aliphatic carboxylic acids is 2. The van der Waals surface area contributed by atoms with Gasteiger partial charge in [0.05, 0.1) is 30.5 Å². The molecule has 0 unspecified atom stereocenters. The van der Waals surface area contributed by atoms with E-state index in [1.165, 1.54) is 0 Å². The molecule has 6 atom stereocenters. The highest BCUT2D eigenvalue weighted by Gasteiger charge is 2.70. The van der Waals surface area contributed by atoms with E-state index >= 15 is 0 Å². The van der Waals surface area contributed by atoms with Crippen LogP contribution in [0.15, 0.2) is 24.0 Å². The summed E-state index contributed by atoms with van der Waals surface area (Å²) in [7, 11) is 1.96. The Morgan fingerprint density at radius 3 is 2.62 bits per heavy atom. The molecule has 2 aliphatic carbocycles. The fourth-order valence-corrected chi connectivity index (χ4v) is 6.86. The molecule has 2 aliphatic heterocycles. The average molecular weight is 562 g/mol. The van der Waals surface area contributed by atoms with E-state index in [0.717, 1.165) is 17.7 Å². The van der Waals surface area contributed by atoms with Crippen molar-refractivity contribution in [1.82, 2.24) is 4.90 Å². The third-order valence-corrected chi connectivity index (χ3v) is 8.61. The maximum absolute atomic E-state index is 12.9. The largest absolute Gasteiger partial charge is 0.481 e. The topological polar surface area (TPSA) is 200 Å². The second-order valence-corrected chi connectivity index (χ2v) is 10.8. The standard InChI is InChI=1S/C27H31NO12/c1-28-8-2-6-26-21-13-3-4-14(12-29)22(21)40-23(26)16(5-7-27(26,37)18(28)9-13)39-25(36)15(30)10-20(33)38-17(24(34)35)11-19(31)32/h3-5,15,17-18,23,29-30,37H,2,6-12H2,1H3,(H,31,32)(H,34,35)/t15-,17-,18+,23-,26-,27+/m0/s1. The predicted octanol–water partition coefficient (Wildman–Crippen LogP) is -0.388. The molecule has 0 amide bonds. The van der Waals surface area contributed by atoms with E-state index < -0.39 is 66.0 Å². The number of esters is 2. The van der Waals surface area contributed by atoms with Crippen LogP contribution < -0.4 is 4.74 Å². The smallest absolute Gasteiger partial charge is 0.345 e. The number of likely N-dealkylation sites (N-methyl/N-ethyl adjacent to an activating group) is 1. The summed E-state index contributed by atoms with van der Waals surface area (Å²) >= 11 is 0. The highest BCUT2D eigenvalue weighted by atomic mass is 16.6. The fraction of sp³-hybridized carbons (Fsp3) is 0.556. The molecule has 0 radical (unpaired) electrons. The van der Waals surface area contributed by atoms with Crippen LogP contribution in [0.3, 0.4) is 0 Å². The molecule has 1 aromatic carbocycles. The fourth-order valence-electron chi connectivity index (χ4n) is 6.86. The first-order valence-electron chi connectivity index (χ1n) is 13.0. The summed E-state index contributed by atoms with van der Waals surface area (Å²) in [5, 5.41) is 50.5. The number of likely N-dealkylation sites (tertiary alicyclic amines) is 1. The number of hydrogen-bond donors (Lipinski definition) is 5. The minimum Gasteiger partial charge on any atom is -0.481 e. The molecule has 4 aliphatic rings. The van der Waals surface area contributed by atoms with E-state index in [2.05, 4.69) is 9.64 Å². The molecule has 0 saturated carbocycles. The SMILES string of the molecule is CN1CCC[C@]23c4c5ccc(CO)c4O[C@H]2C(OC(=O)[C@@H](O)CC(=O)O[C@@H](CC(=O)O)C(=O)O)=CC[C@@]3(O)[C@H]1C5. The minimum atomic E-state index is -2.04. The quantitative estimate of drug-likeness (QED) is 0.244. The monoisotopic (exact) mass is 561 g/mol. The van der Waals surface area contributed by atoms with Gasteiger partial charge in [0.1, 0.15) is 11.5 Å². The first-order chi connectivity index (χ1) is 18.9. The number of nitrogens with zero attached hydrogens (tertiary/aromatic N) is 1. The summed E-state index contributed by atoms with van der Waals surface area (Å²) < 4.78 is 16.5. The number of carbonyl (C=O) groups excluding carboxylic acids is 2. The van der Waals surface area contributed by atoms with Crippen LogP contribution >= 0.6 is 0 Å². The second kappa shape index (κ2) is 10.1. The minimum absolute atomic E-state index is 0.0487. The number of ether oxygens (including phenoxy) is 3. The summed E-state index contributed by atoms with van der Waals surface area (Å²) in [5.74, 6) is -5.23. The molecule has 40 heavy (non-hydrogen) atoms. The average Bonchev–Trinajstić information content (AvgIpc) is 3.23. The number of carbonyl (C=O) groups is 4. The number of benzene rings is 1. The molecule has 5 N–H and O–H groups in total. The predicted molar refractivity (Wildman–Crippen MR) is 132 cm³/mol. The van der Waals surface area contributed by atoms with Gasteiger partial charge in [-0.2, -0.15) is 0 Å². The molecule has 216 valence electrons. The van der Waals surface area contributed by atoms with Crippen molar-refractivity contribution in [2.75, 3.05) is 13.6 Å². The number of carboxylic acid groups (broad SMARTS) is 2. The van der Waals surface area contributed by atoms with Crippen molar-refractivity contribution in [3.05, 3.63) is 40.7 Å². The molecule has 13 heteroatoms. The molecule has 13 nitrogen and oxygen atoms in total. The van der Waals surface area contributed by atoms with Crippen LogP contribution in [-0.2, 0) is 47.1 Å². The van der Waals surface area contributed by atoms with Crippen LogP contribution in [0.4, 0.5) is 0 Å². The van der Waals surface area contributed by atoms with Gasteiger partial charge in [-0.15, -0.1) is 0 Å². The van der Waals surface area contributed by atoms with Crippen molar-refractivity contribution in [3.8, 4) is 5.75 Å². The van der Waals surface area contributed by atoms with Gasteiger partial charge in [-0.25, -0.2) is 9.59 Å². The third kappa shape index (κ3) is 4.24. The molecule has 2 heterocycles. The Morgan fingerprint density at radius 1 is 1.20 bits per heavy atom. The lowest BCUT2D eigenvalue weighted by atomic mass is 9.52. The van der Waals surface area contributed by atoms with Crippen LogP contribution in [0.1, 0.15) is 48.8 Å². The summed E-state index contributed by atoms with van der Waals surface area (Å²) in [6.07, 6.45) is -3.48. The maximum atomic E-state index is 12.9. The Labute approximate surface area is 228 Å². The van der Waals surface area contributed by atoms with Crippen molar-refractivity contribution in [2.24, 2.45) is 0 Å². The molecular formula is C27H31NO12. The summed E-state index contributed by atoms with van der Waals surface area (Å²) in [5.41, 5.74) is 0.0356. The molecule has 1 saturated heterocycles. The highest BCUT2D eigenvalue weighted by molar-refractivity contribution is 5.85. The first-order valence-corrected chi connectivity index (χ1v) is 13.0. The Bertz CT molecular complexity index is 1290. The van der Waals surface area contributed by atoms with E-state index in [1.54, 1.807) is 12.1 Å². The lowest BCUT2D eigenvalue weighted by molar-refractivity contribution is -0.171. The Hall–Kier alpha value is -3.52. The molecule has 1 spiro atoms. The van der Waals surface area contributed by atoms with Crippen molar-refractivity contribution in [3.63, 3.8) is 0 Å². The van der Waals surface area contributed by atoms with Gasteiger partial charge in [0.15, 0.2) is 12.2 Å². The summed E-state index contributed by atoms with van der Waals surface area (Å²) in [6, 6.07) is 3.46. The second-order valence-electron chi connectivity index (χ2n) is 10.8. The van der Waals surface area contributed by atoms with Crippen LogP contribution in [0, 0.1) is 0 Å². The van der Waals surface area contributed by atoms with E-state index in [1.807, 2.05) is 13.1 Å². The van der Waals surface area contributed by atoms with Gasteiger partial charge in [0.25, 0.3) is 0 Å². The van der Waals surface area contributed by atoms with Gasteiger partial charge in [0, 0.05) is 23.6 Å². The maximum Gasteiger partial charge on any atom is 0.345 e. The van der Waals surface area contributed by atoms with Gasteiger partial charge < -0.3 is 44.6 Å². The van der Waals surface area contributed by atoms with Crippen molar-refractivity contribution in [1.29, 1.82) is 0 Å². The number of aliphatic hydroxyl groups excluding tert-OH is 2. The Balaban J connectivity index is 1.40. The van der Waals surface area contributed by atoms with E-state index in [0.29, 0.717) is 30.6 Å². The number of rotatable bonds is 9. The zero-order chi connectivity index (χ0) is 29.0. The van der Waals surface area contributed by atoms with Gasteiger partial charge in [-0.3, -0.25) is 9.59 Å². The van der Waals surface area contributed by atoms with Gasteiger partial charge in [-0.05, 0) is 44.5 Å². The lowest BCUT2D eigenvalue weighted by Crippen LogP contribution is -2.69. The molecule has 5 rings (SSSR count). The van der Waals surface area contributed by atoms with Crippen LogP contribution in [-0.4, -0.2) is 97.9 Å². The Morgan fingerprint density at radius 2 is 1.95 bits per heavy atom. The lowest BCUT2D eigenvalue weighted by Gasteiger charge is -2.56. The summed E-state index contributed by atoms with van der Waals surface area (Å²) in [4.78, 5) is 49.1. The van der Waals surface area contributed by atoms with Crippen LogP contribution in [0.2, 0.25) is 0 Å². The molecular weight excluding hydrogens is 530 g/mol. The first kappa shape index (κ1) is 28.0. The van der Waals surface area contributed by atoms with Gasteiger partial charge >= 0.3 is 23.9 Å². The number of carboxylic acids is 2. The molecule has 0 aromatic heterocycles. The molecule has 1 aromatic rings. The van der Waals surface area contributed by atoms with Crippen molar-refractivity contribution in [2.45, 2.75) is 80.5 Å². The highest BCUT2D eigenvalue weighted by Crippen LogP contribution is 2.64. The van der Waals surface area contributed by atoms with Gasteiger partial charge in [-0.1, -0.05) is 12.1 Å². The summed E-state index contributed by atoms with van der Waals surface area (Å²) in [6.45, 7) is 0.429. The van der Waals surface area contributed by atoms with Crippen molar-refractivity contribution < 1.29 is 58.9 Å². The zero-order valence-electron chi connectivity index (χ0n) is 21.7. The van der Waals surface area contributed by atoms with E-state index in [4.69, 9.17) is 19.7 Å². The van der Waals surface area contributed by atoms with Crippen LogP contribution in [0.5, 0.6) is 5.75 Å². The molecule has 2 bridgehead atoms. The molecule has 1 fully saturated rings. The van der Waals surface area contributed by atoms with Gasteiger partial charge in [0.2, 0.25) is 6.10 Å². The third-order valence-electron chi connectivity index (χ3n) is 8.61. The normalized spacial score (nSPS) is 29.6. The van der Waals surface area contributed by atoms with E-state index in [9.17, 15) is 34.5 Å². The zero-order valence-corrected chi connectivity index (χ0v) is 21.7. The number of hydrogen-bond acceptors (Lipinski definition) is 11. The Kier molecular flexibility index (Phi) is 7.11.